The van der Waals surface area contributed by atoms with Gasteiger partial charge >= 0.3 is 0 Å². The van der Waals surface area contributed by atoms with Crippen molar-refractivity contribution in [2.24, 2.45) is 5.92 Å². The van der Waals surface area contributed by atoms with Crippen molar-refractivity contribution in [1.82, 2.24) is 10.2 Å². The first-order chi connectivity index (χ1) is 9.69. The van der Waals surface area contributed by atoms with Crippen molar-refractivity contribution in [3.8, 4) is 0 Å². The Hall–Kier alpha value is -1.20. The molecule has 1 aliphatic heterocycles. The molecule has 0 aromatic heterocycles. The second kappa shape index (κ2) is 5.89. The summed E-state index contributed by atoms with van der Waals surface area (Å²) in [5, 5.41) is 3.40. The van der Waals surface area contributed by atoms with Gasteiger partial charge in [-0.2, -0.15) is 0 Å². The number of nitrogens with zero attached hydrogens (tertiary/aromatic N) is 1. The highest BCUT2D eigenvalue weighted by atomic mass is 79.9. The summed E-state index contributed by atoms with van der Waals surface area (Å²) >= 11 is 3.34. The van der Waals surface area contributed by atoms with Crippen molar-refractivity contribution >= 4 is 27.7 Å². The second-order valence-electron chi connectivity index (χ2n) is 6.65. The standard InChI is InChI=1S/C16H21BrN2O2/c1-10(8-18-16(2,3)4)9-19-14(20)12-6-5-11(17)7-13(12)15(19)21/h5-7,10,18H,8-9H2,1-4H3. The summed E-state index contributed by atoms with van der Waals surface area (Å²) in [4.78, 5) is 26.0. The second-order valence-corrected chi connectivity index (χ2v) is 7.56. The van der Waals surface area contributed by atoms with Gasteiger partial charge in [-0.05, 0) is 51.4 Å². The van der Waals surface area contributed by atoms with Crippen LogP contribution in [0.1, 0.15) is 48.4 Å². The molecule has 1 heterocycles. The van der Waals surface area contributed by atoms with Crippen LogP contribution in [0.25, 0.3) is 0 Å². The number of rotatable bonds is 4. The number of hydrogen-bond donors (Lipinski definition) is 1. The molecule has 4 nitrogen and oxygen atoms in total. The van der Waals surface area contributed by atoms with E-state index in [9.17, 15) is 9.59 Å². The minimum atomic E-state index is -0.195. The first kappa shape index (κ1) is 16.2. The number of benzene rings is 1. The van der Waals surface area contributed by atoms with E-state index in [1.807, 2.05) is 6.92 Å². The Morgan fingerprint density at radius 3 is 2.43 bits per heavy atom. The summed E-state index contributed by atoms with van der Waals surface area (Å²) < 4.78 is 0.812. The SMILES string of the molecule is CC(CNC(C)(C)C)CN1C(=O)c2ccc(Br)cc2C1=O. The lowest BCUT2D eigenvalue weighted by atomic mass is 10.1. The largest absolute Gasteiger partial charge is 0.312 e. The Labute approximate surface area is 134 Å². The van der Waals surface area contributed by atoms with Crippen molar-refractivity contribution < 1.29 is 9.59 Å². The topological polar surface area (TPSA) is 49.4 Å². The molecule has 1 N–H and O–H groups in total. The number of nitrogens with one attached hydrogen (secondary N) is 1. The molecule has 0 fully saturated rings. The van der Waals surface area contributed by atoms with Crippen molar-refractivity contribution in [2.75, 3.05) is 13.1 Å². The molecule has 2 amide bonds. The van der Waals surface area contributed by atoms with Gasteiger partial charge in [-0.1, -0.05) is 22.9 Å². The molecule has 114 valence electrons. The molecule has 1 atom stereocenters. The average molecular weight is 353 g/mol. The molecule has 1 aromatic carbocycles. The van der Waals surface area contributed by atoms with E-state index in [1.165, 1.54) is 4.90 Å². The molecule has 1 aliphatic rings. The Kier molecular flexibility index (Phi) is 4.54. The van der Waals surface area contributed by atoms with Crippen LogP contribution >= 0.6 is 15.9 Å². The van der Waals surface area contributed by atoms with Crippen molar-refractivity contribution in [1.29, 1.82) is 0 Å². The van der Waals surface area contributed by atoms with Crippen molar-refractivity contribution in [3.05, 3.63) is 33.8 Å². The number of carbonyl (C=O) groups is 2. The van der Waals surface area contributed by atoms with E-state index in [0.29, 0.717) is 17.7 Å². The van der Waals surface area contributed by atoms with Gasteiger partial charge < -0.3 is 5.32 Å². The lowest BCUT2D eigenvalue weighted by Crippen LogP contribution is -2.42. The van der Waals surface area contributed by atoms with Gasteiger partial charge in [0.1, 0.15) is 0 Å². The summed E-state index contributed by atoms with van der Waals surface area (Å²) in [7, 11) is 0. The number of imide groups is 1. The van der Waals surface area contributed by atoms with Gasteiger partial charge in [-0.15, -0.1) is 0 Å². The van der Waals surface area contributed by atoms with Gasteiger partial charge in [-0.3, -0.25) is 14.5 Å². The molecule has 0 spiro atoms. The first-order valence-corrected chi connectivity index (χ1v) is 7.89. The Morgan fingerprint density at radius 2 is 1.81 bits per heavy atom. The highest BCUT2D eigenvalue weighted by Crippen LogP contribution is 2.26. The van der Waals surface area contributed by atoms with E-state index < -0.39 is 0 Å². The van der Waals surface area contributed by atoms with Crippen LogP contribution in [0.4, 0.5) is 0 Å². The minimum Gasteiger partial charge on any atom is -0.312 e. The smallest absolute Gasteiger partial charge is 0.261 e. The lowest BCUT2D eigenvalue weighted by Gasteiger charge is -2.25. The van der Waals surface area contributed by atoms with Crippen LogP contribution in [0, 0.1) is 5.92 Å². The zero-order valence-electron chi connectivity index (χ0n) is 12.9. The quantitative estimate of drug-likeness (QED) is 0.847. The summed E-state index contributed by atoms with van der Waals surface area (Å²) in [6.45, 7) is 9.53. The first-order valence-electron chi connectivity index (χ1n) is 7.10. The van der Waals surface area contributed by atoms with Crippen LogP contribution in [-0.2, 0) is 0 Å². The molecule has 1 aromatic rings. The highest BCUT2D eigenvalue weighted by Gasteiger charge is 2.36. The molecular formula is C16H21BrN2O2. The predicted octanol–water partition coefficient (Wildman–Crippen LogP) is 3.07. The maximum Gasteiger partial charge on any atom is 0.261 e. The third-order valence-corrected chi connectivity index (χ3v) is 3.90. The summed E-state index contributed by atoms with van der Waals surface area (Å²) in [5.41, 5.74) is 1.02. The van der Waals surface area contributed by atoms with Crippen LogP contribution in [0.3, 0.4) is 0 Å². The maximum atomic E-state index is 12.4. The number of hydrogen-bond acceptors (Lipinski definition) is 3. The van der Waals surface area contributed by atoms with E-state index in [-0.39, 0.29) is 23.3 Å². The molecule has 2 rings (SSSR count). The third-order valence-electron chi connectivity index (χ3n) is 3.41. The average Bonchev–Trinajstić information content (AvgIpc) is 2.60. The van der Waals surface area contributed by atoms with E-state index in [1.54, 1.807) is 18.2 Å². The van der Waals surface area contributed by atoms with Crippen LogP contribution < -0.4 is 5.32 Å². The zero-order chi connectivity index (χ0) is 15.8. The van der Waals surface area contributed by atoms with Crippen LogP contribution in [0.5, 0.6) is 0 Å². The molecular weight excluding hydrogens is 332 g/mol. The molecule has 0 aliphatic carbocycles. The van der Waals surface area contributed by atoms with Crippen LogP contribution in [0.15, 0.2) is 22.7 Å². The Morgan fingerprint density at radius 1 is 1.19 bits per heavy atom. The molecule has 1 unspecified atom stereocenters. The van der Waals surface area contributed by atoms with Gasteiger partial charge in [0.05, 0.1) is 11.1 Å². The zero-order valence-corrected chi connectivity index (χ0v) is 14.5. The summed E-state index contributed by atoms with van der Waals surface area (Å²) in [5.74, 6) is -0.182. The predicted molar refractivity (Wildman–Crippen MR) is 86.4 cm³/mol. The molecule has 0 bridgehead atoms. The van der Waals surface area contributed by atoms with Gasteiger partial charge in [0.25, 0.3) is 11.8 Å². The maximum absolute atomic E-state index is 12.4. The van der Waals surface area contributed by atoms with Crippen LogP contribution in [-0.4, -0.2) is 35.3 Å². The normalized spacial score (nSPS) is 16.3. The van der Waals surface area contributed by atoms with Crippen molar-refractivity contribution in [2.45, 2.75) is 33.2 Å². The molecule has 0 radical (unpaired) electrons. The molecule has 21 heavy (non-hydrogen) atoms. The summed E-state index contributed by atoms with van der Waals surface area (Å²) in [6, 6.07) is 5.21. The fourth-order valence-corrected chi connectivity index (χ4v) is 2.65. The third kappa shape index (κ3) is 3.71. The monoisotopic (exact) mass is 352 g/mol. The lowest BCUT2D eigenvalue weighted by molar-refractivity contribution is 0.0631. The number of carbonyl (C=O) groups excluding carboxylic acids is 2. The van der Waals surface area contributed by atoms with Crippen molar-refractivity contribution in [3.63, 3.8) is 0 Å². The van der Waals surface area contributed by atoms with E-state index in [0.717, 1.165) is 11.0 Å². The molecule has 5 heteroatoms. The molecule has 0 saturated carbocycles. The Bertz CT molecular complexity index is 578. The van der Waals surface area contributed by atoms with Gasteiger partial charge in [0, 0.05) is 16.6 Å². The number of fused-ring (bicyclic) bond motifs is 1. The van der Waals surface area contributed by atoms with Gasteiger partial charge in [-0.25, -0.2) is 0 Å². The molecule has 0 saturated heterocycles. The van der Waals surface area contributed by atoms with E-state index in [4.69, 9.17) is 0 Å². The number of amides is 2. The minimum absolute atomic E-state index is 0.0289. The number of halogens is 1. The fraction of sp³-hybridized carbons (Fsp3) is 0.500. The fourth-order valence-electron chi connectivity index (χ4n) is 2.29. The van der Waals surface area contributed by atoms with Crippen LogP contribution in [0.2, 0.25) is 0 Å². The van der Waals surface area contributed by atoms with Gasteiger partial charge in [0.2, 0.25) is 0 Å². The van der Waals surface area contributed by atoms with E-state index in [2.05, 4.69) is 42.0 Å². The Balaban J connectivity index is 2.06. The van der Waals surface area contributed by atoms with Gasteiger partial charge in [0.15, 0.2) is 0 Å². The highest BCUT2D eigenvalue weighted by molar-refractivity contribution is 9.10. The van der Waals surface area contributed by atoms with E-state index >= 15 is 0 Å². The summed E-state index contributed by atoms with van der Waals surface area (Å²) in [6.07, 6.45) is 0.